The number of H-pyrrole nitrogens is 1. The highest BCUT2D eigenvalue weighted by Gasteiger charge is 2.07. The maximum Gasteiger partial charge on any atom is 0.228 e. The molecule has 0 bridgehead atoms. The predicted octanol–water partition coefficient (Wildman–Crippen LogP) is 3.07. The molecule has 0 atom stereocenters. The number of carbonyl (C=O) groups is 1. The van der Waals surface area contributed by atoms with Crippen molar-refractivity contribution in [3.05, 3.63) is 53.3 Å². The van der Waals surface area contributed by atoms with Crippen LogP contribution in [0.5, 0.6) is 0 Å². The summed E-state index contributed by atoms with van der Waals surface area (Å²) < 4.78 is 0. The first-order valence-corrected chi connectivity index (χ1v) is 6.20. The molecule has 94 valence electrons. The summed E-state index contributed by atoms with van der Waals surface area (Å²) in [7, 11) is 0. The average molecular weight is 242 g/mol. The van der Waals surface area contributed by atoms with Crippen LogP contribution in [0.4, 0.5) is 5.69 Å². The third-order valence-electron chi connectivity index (χ3n) is 2.92. The first kappa shape index (κ1) is 12.4. The highest BCUT2D eigenvalue weighted by Crippen LogP contribution is 2.16. The Labute approximate surface area is 107 Å². The van der Waals surface area contributed by atoms with Crippen LogP contribution in [0, 0.1) is 6.92 Å². The molecule has 2 aromatic rings. The van der Waals surface area contributed by atoms with Crippen LogP contribution in [-0.4, -0.2) is 10.9 Å². The molecule has 0 unspecified atom stereocenters. The van der Waals surface area contributed by atoms with E-state index in [1.807, 2.05) is 43.5 Å². The molecule has 0 fully saturated rings. The number of aromatic nitrogens is 1. The Bertz CT molecular complexity index is 543. The first-order chi connectivity index (χ1) is 8.69. The molecule has 0 aliphatic carbocycles. The van der Waals surface area contributed by atoms with E-state index in [2.05, 4.69) is 17.2 Å². The number of rotatable bonds is 4. The Morgan fingerprint density at radius 3 is 2.78 bits per heavy atom. The van der Waals surface area contributed by atoms with Crippen LogP contribution < -0.4 is 5.32 Å². The van der Waals surface area contributed by atoms with Crippen LogP contribution in [0.3, 0.4) is 0 Å². The second-order valence-corrected chi connectivity index (χ2v) is 4.43. The van der Waals surface area contributed by atoms with E-state index >= 15 is 0 Å². The minimum Gasteiger partial charge on any atom is -0.365 e. The van der Waals surface area contributed by atoms with Crippen LogP contribution in [0.1, 0.15) is 23.7 Å². The van der Waals surface area contributed by atoms with Crippen molar-refractivity contribution in [1.82, 2.24) is 4.98 Å². The summed E-state index contributed by atoms with van der Waals surface area (Å²) in [5, 5.41) is 2.97. The Morgan fingerprint density at radius 1 is 1.33 bits per heavy atom. The number of benzene rings is 1. The number of aryl methyl sites for hydroxylation is 2. The Morgan fingerprint density at radius 2 is 2.11 bits per heavy atom. The van der Waals surface area contributed by atoms with Gasteiger partial charge in [-0.05, 0) is 36.6 Å². The van der Waals surface area contributed by atoms with Crippen molar-refractivity contribution in [3.8, 4) is 0 Å². The molecular weight excluding hydrogens is 224 g/mol. The number of nitrogens with one attached hydrogen (secondary N) is 2. The smallest absolute Gasteiger partial charge is 0.228 e. The SMILES string of the molecule is CCc1ccccc1NC(=O)Cc1c[nH]c(C)c1. The normalized spacial score (nSPS) is 10.3. The van der Waals surface area contributed by atoms with E-state index in [0.29, 0.717) is 6.42 Å². The molecule has 0 radical (unpaired) electrons. The summed E-state index contributed by atoms with van der Waals surface area (Å²) in [6, 6.07) is 9.90. The van der Waals surface area contributed by atoms with Crippen LogP contribution in [-0.2, 0) is 17.6 Å². The van der Waals surface area contributed by atoms with E-state index in [1.54, 1.807) is 0 Å². The Balaban J connectivity index is 2.03. The summed E-state index contributed by atoms with van der Waals surface area (Å²) in [6.07, 6.45) is 3.20. The average Bonchev–Trinajstić information content (AvgIpc) is 2.75. The molecule has 0 saturated carbocycles. The molecule has 2 N–H and O–H groups in total. The summed E-state index contributed by atoms with van der Waals surface area (Å²) in [4.78, 5) is 15.0. The fourth-order valence-electron chi connectivity index (χ4n) is 2.00. The van der Waals surface area contributed by atoms with E-state index in [1.165, 1.54) is 0 Å². The van der Waals surface area contributed by atoms with Gasteiger partial charge in [0.1, 0.15) is 0 Å². The zero-order valence-electron chi connectivity index (χ0n) is 10.8. The Hall–Kier alpha value is -2.03. The second-order valence-electron chi connectivity index (χ2n) is 4.43. The standard InChI is InChI=1S/C15H18N2O/c1-3-13-6-4-5-7-14(13)17-15(18)9-12-8-11(2)16-10-12/h4-8,10,16H,3,9H2,1-2H3,(H,17,18). The van der Waals surface area contributed by atoms with E-state index in [9.17, 15) is 4.79 Å². The number of hydrogen-bond donors (Lipinski definition) is 2. The molecule has 0 saturated heterocycles. The van der Waals surface area contributed by atoms with Gasteiger partial charge in [0.05, 0.1) is 6.42 Å². The summed E-state index contributed by atoms with van der Waals surface area (Å²) in [5.41, 5.74) is 4.17. The van der Waals surface area contributed by atoms with Crippen LogP contribution in [0.2, 0.25) is 0 Å². The molecule has 0 spiro atoms. The molecule has 1 aromatic heterocycles. The quantitative estimate of drug-likeness (QED) is 0.850. The van der Waals surface area contributed by atoms with Gasteiger partial charge in [-0.15, -0.1) is 0 Å². The lowest BCUT2D eigenvalue weighted by Crippen LogP contribution is -2.15. The topological polar surface area (TPSA) is 44.9 Å². The van der Waals surface area contributed by atoms with Gasteiger partial charge in [0.2, 0.25) is 5.91 Å². The lowest BCUT2D eigenvalue weighted by Gasteiger charge is -2.08. The second kappa shape index (κ2) is 5.54. The minimum atomic E-state index is 0.0231. The summed E-state index contributed by atoms with van der Waals surface area (Å²) in [6.45, 7) is 4.06. The lowest BCUT2D eigenvalue weighted by atomic mass is 10.1. The highest BCUT2D eigenvalue weighted by atomic mass is 16.1. The van der Waals surface area contributed by atoms with Gasteiger partial charge in [-0.3, -0.25) is 4.79 Å². The zero-order chi connectivity index (χ0) is 13.0. The summed E-state index contributed by atoms with van der Waals surface area (Å²) in [5.74, 6) is 0.0231. The Kier molecular flexibility index (Phi) is 3.82. The number of anilines is 1. The molecule has 3 nitrogen and oxygen atoms in total. The van der Waals surface area contributed by atoms with Gasteiger partial charge in [-0.1, -0.05) is 25.1 Å². The number of aromatic amines is 1. The third kappa shape index (κ3) is 3.00. The van der Waals surface area contributed by atoms with Crippen molar-refractivity contribution < 1.29 is 4.79 Å². The van der Waals surface area contributed by atoms with E-state index < -0.39 is 0 Å². The van der Waals surface area contributed by atoms with Crippen LogP contribution >= 0.6 is 0 Å². The van der Waals surface area contributed by atoms with E-state index in [0.717, 1.165) is 28.9 Å². The molecule has 1 aromatic carbocycles. The maximum absolute atomic E-state index is 11.9. The fraction of sp³-hybridized carbons (Fsp3) is 0.267. The van der Waals surface area contributed by atoms with E-state index in [4.69, 9.17) is 0 Å². The van der Waals surface area contributed by atoms with Gasteiger partial charge in [0.25, 0.3) is 0 Å². The highest BCUT2D eigenvalue weighted by molar-refractivity contribution is 5.92. The third-order valence-corrected chi connectivity index (χ3v) is 2.92. The van der Waals surface area contributed by atoms with Crippen molar-refractivity contribution >= 4 is 11.6 Å². The van der Waals surface area contributed by atoms with Gasteiger partial charge < -0.3 is 10.3 Å². The molecule has 1 amide bonds. The molecular formula is C15H18N2O. The molecule has 0 aliphatic rings. The molecule has 1 heterocycles. The van der Waals surface area contributed by atoms with Crippen LogP contribution in [0.25, 0.3) is 0 Å². The van der Waals surface area contributed by atoms with E-state index in [-0.39, 0.29) is 5.91 Å². The minimum absolute atomic E-state index is 0.0231. The zero-order valence-corrected chi connectivity index (χ0v) is 10.8. The molecule has 2 rings (SSSR count). The lowest BCUT2D eigenvalue weighted by molar-refractivity contribution is -0.115. The first-order valence-electron chi connectivity index (χ1n) is 6.20. The van der Waals surface area contributed by atoms with Gasteiger partial charge >= 0.3 is 0 Å². The van der Waals surface area contributed by atoms with Gasteiger partial charge in [0, 0.05) is 17.6 Å². The van der Waals surface area contributed by atoms with Crippen molar-refractivity contribution in [3.63, 3.8) is 0 Å². The number of hydrogen-bond acceptors (Lipinski definition) is 1. The van der Waals surface area contributed by atoms with Gasteiger partial charge in [-0.25, -0.2) is 0 Å². The number of amides is 1. The van der Waals surface area contributed by atoms with Gasteiger partial charge in [-0.2, -0.15) is 0 Å². The monoisotopic (exact) mass is 242 g/mol. The summed E-state index contributed by atoms with van der Waals surface area (Å²) >= 11 is 0. The number of carbonyl (C=O) groups excluding carboxylic acids is 1. The molecule has 0 aliphatic heterocycles. The predicted molar refractivity (Wildman–Crippen MR) is 73.7 cm³/mol. The largest absolute Gasteiger partial charge is 0.365 e. The molecule has 18 heavy (non-hydrogen) atoms. The van der Waals surface area contributed by atoms with Crippen molar-refractivity contribution in [2.75, 3.05) is 5.32 Å². The van der Waals surface area contributed by atoms with Crippen LogP contribution in [0.15, 0.2) is 36.5 Å². The van der Waals surface area contributed by atoms with Crippen molar-refractivity contribution in [2.45, 2.75) is 26.7 Å². The maximum atomic E-state index is 11.9. The van der Waals surface area contributed by atoms with Crippen molar-refractivity contribution in [1.29, 1.82) is 0 Å². The molecule has 3 heteroatoms. The number of para-hydroxylation sites is 1. The van der Waals surface area contributed by atoms with Crippen molar-refractivity contribution in [2.24, 2.45) is 0 Å². The van der Waals surface area contributed by atoms with Gasteiger partial charge in [0.15, 0.2) is 0 Å². The fourth-order valence-corrected chi connectivity index (χ4v) is 2.00.